The van der Waals surface area contributed by atoms with Crippen molar-refractivity contribution in [2.75, 3.05) is 30.8 Å². The van der Waals surface area contributed by atoms with E-state index in [4.69, 9.17) is 11.6 Å². The topological polar surface area (TPSA) is 56.4 Å². The minimum atomic E-state index is -3.17. The lowest BCUT2D eigenvalue weighted by atomic mass is 9.75. The van der Waals surface area contributed by atoms with Gasteiger partial charge in [0, 0.05) is 47.4 Å². The number of aromatic amines is 1. The molecule has 0 bridgehead atoms. The van der Waals surface area contributed by atoms with Crippen molar-refractivity contribution in [2.45, 2.75) is 24.8 Å². The van der Waals surface area contributed by atoms with Gasteiger partial charge in [0.1, 0.15) is 0 Å². The molecule has 1 aliphatic heterocycles. The number of piperazine rings is 1. The van der Waals surface area contributed by atoms with Gasteiger partial charge in [-0.2, -0.15) is 4.31 Å². The minimum Gasteiger partial charge on any atom is -0.368 e. The van der Waals surface area contributed by atoms with Gasteiger partial charge in [-0.25, -0.2) is 8.42 Å². The van der Waals surface area contributed by atoms with E-state index in [9.17, 15) is 8.42 Å². The van der Waals surface area contributed by atoms with Gasteiger partial charge < -0.3 is 9.88 Å². The fraction of sp³-hybridized carbons (Fsp3) is 0.500. The predicted octanol–water partition coefficient (Wildman–Crippen LogP) is 2.83. The van der Waals surface area contributed by atoms with Crippen LogP contribution in [0.4, 0.5) is 5.69 Å². The summed E-state index contributed by atoms with van der Waals surface area (Å²) < 4.78 is 26.0. The maximum Gasteiger partial charge on any atom is 0.211 e. The van der Waals surface area contributed by atoms with Gasteiger partial charge in [-0.1, -0.05) is 11.6 Å². The Balaban J connectivity index is 1.73. The molecule has 1 spiro atoms. The minimum absolute atomic E-state index is 0.239. The van der Waals surface area contributed by atoms with E-state index in [1.807, 2.05) is 18.3 Å². The lowest BCUT2D eigenvalue weighted by molar-refractivity contribution is 0.0775. The molecule has 0 radical (unpaired) electrons. The molecule has 2 heterocycles. The Morgan fingerprint density at radius 3 is 2.70 bits per heavy atom. The van der Waals surface area contributed by atoms with Gasteiger partial charge in [0.2, 0.25) is 10.0 Å². The highest BCUT2D eigenvalue weighted by Crippen LogP contribution is 2.43. The number of H-pyrrole nitrogens is 1. The molecule has 2 aromatic rings. The molecule has 0 atom stereocenters. The molecule has 4 rings (SSSR count). The van der Waals surface area contributed by atoms with Crippen molar-refractivity contribution in [3.8, 4) is 0 Å². The molecule has 5 nitrogen and oxygen atoms in total. The molecule has 1 aromatic carbocycles. The van der Waals surface area contributed by atoms with Crippen molar-refractivity contribution in [3.63, 3.8) is 0 Å². The number of aromatic nitrogens is 1. The van der Waals surface area contributed by atoms with E-state index >= 15 is 0 Å². The molecule has 1 saturated heterocycles. The highest BCUT2D eigenvalue weighted by Gasteiger charge is 2.50. The lowest BCUT2D eigenvalue weighted by Gasteiger charge is -2.55. The highest BCUT2D eigenvalue weighted by atomic mass is 35.5. The summed E-state index contributed by atoms with van der Waals surface area (Å²) in [6.07, 6.45) is 6.21. The zero-order chi connectivity index (χ0) is 16.2. The van der Waals surface area contributed by atoms with Crippen LogP contribution in [-0.4, -0.2) is 49.1 Å². The number of fused-ring (bicyclic) bond motifs is 1. The molecule has 0 unspecified atom stereocenters. The van der Waals surface area contributed by atoms with E-state index in [0.29, 0.717) is 18.1 Å². The first kappa shape index (κ1) is 15.3. The van der Waals surface area contributed by atoms with Crippen molar-refractivity contribution in [1.82, 2.24) is 9.29 Å². The van der Waals surface area contributed by atoms with Gasteiger partial charge >= 0.3 is 0 Å². The number of sulfonamides is 1. The largest absolute Gasteiger partial charge is 0.368 e. The molecule has 2 aliphatic rings. The number of nitrogens with one attached hydrogen (secondary N) is 1. The van der Waals surface area contributed by atoms with Crippen molar-refractivity contribution >= 4 is 38.2 Å². The summed E-state index contributed by atoms with van der Waals surface area (Å²) in [7, 11) is -3.17. The molecule has 0 amide bonds. The number of rotatable bonds is 2. The standard InChI is InChI=1S/C16H20ClN3O2S/c1-23(21,22)20-8-7-19(11-16(20)4-2-5-16)15-10-12(17)9-14-13(15)3-6-18-14/h3,6,9-10,18H,2,4-5,7-8,11H2,1H3. The summed E-state index contributed by atoms with van der Waals surface area (Å²) in [6, 6.07) is 5.96. The van der Waals surface area contributed by atoms with Crippen molar-refractivity contribution < 1.29 is 8.42 Å². The van der Waals surface area contributed by atoms with Gasteiger partial charge in [-0.3, -0.25) is 0 Å². The van der Waals surface area contributed by atoms with Crippen LogP contribution in [0.5, 0.6) is 0 Å². The van der Waals surface area contributed by atoms with Crippen LogP contribution >= 0.6 is 11.6 Å². The molecular weight excluding hydrogens is 334 g/mol. The Bertz CT molecular complexity index is 857. The molecule has 23 heavy (non-hydrogen) atoms. The average molecular weight is 354 g/mol. The Labute approximate surface area is 141 Å². The molecule has 1 N–H and O–H groups in total. The van der Waals surface area contributed by atoms with Gasteiger partial charge in [0.15, 0.2) is 0 Å². The summed E-state index contributed by atoms with van der Waals surface area (Å²) in [4.78, 5) is 5.50. The van der Waals surface area contributed by atoms with Crippen molar-refractivity contribution in [2.24, 2.45) is 0 Å². The fourth-order valence-electron chi connectivity index (χ4n) is 4.05. The smallest absolute Gasteiger partial charge is 0.211 e. The molecule has 1 aromatic heterocycles. The molecule has 7 heteroatoms. The lowest BCUT2D eigenvalue weighted by Crippen LogP contribution is -2.66. The van der Waals surface area contributed by atoms with E-state index in [1.54, 1.807) is 4.31 Å². The van der Waals surface area contributed by atoms with Gasteiger partial charge in [-0.05, 0) is 37.5 Å². The quantitative estimate of drug-likeness (QED) is 0.903. The third-order valence-corrected chi connectivity index (χ3v) is 6.81. The first-order valence-corrected chi connectivity index (χ1v) is 10.1. The second-order valence-corrected chi connectivity index (χ2v) is 9.04. The first-order chi connectivity index (χ1) is 10.9. The Kier molecular flexibility index (Phi) is 3.41. The molecule has 2 fully saturated rings. The van der Waals surface area contributed by atoms with Crippen molar-refractivity contribution in [3.05, 3.63) is 29.4 Å². The Hall–Kier alpha value is -1.24. The molecule has 1 saturated carbocycles. The average Bonchev–Trinajstić information content (AvgIpc) is 2.91. The van der Waals surface area contributed by atoms with Crippen LogP contribution in [0, 0.1) is 0 Å². The van der Waals surface area contributed by atoms with Gasteiger partial charge in [0.25, 0.3) is 0 Å². The van der Waals surface area contributed by atoms with Crippen LogP contribution in [0.1, 0.15) is 19.3 Å². The third kappa shape index (κ3) is 2.44. The van der Waals surface area contributed by atoms with Crippen LogP contribution in [0.25, 0.3) is 10.9 Å². The van der Waals surface area contributed by atoms with Gasteiger partial charge in [0.05, 0.1) is 11.8 Å². The maximum atomic E-state index is 12.1. The number of hydrogen-bond acceptors (Lipinski definition) is 3. The molecular formula is C16H20ClN3O2S. The summed E-state index contributed by atoms with van der Waals surface area (Å²) in [5.74, 6) is 0. The van der Waals surface area contributed by atoms with E-state index in [1.165, 1.54) is 6.26 Å². The Morgan fingerprint density at radius 2 is 2.04 bits per heavy atom. The second-order valence-electron chi connectivity index (χ2n) is 6.70. The van der Waals surface area contributed by atoms with E-state index in [2.05, 4.69) is 16.0 Å². The van der Waals surface area contributed by atoms with Crippen LogP contribution in [0.2, 0.25) is 5.02 Å². The first-order valence-electron chi connectivity index (χ1n) is 7.89. The maximum absolute atomic E-state index is 12.1. The second kappa shape index (κ2) is 5.13. The zero-order valence-corrected chi connectivity index (χ0v) is 14.6. The van der Waals surface area contributed by atoms with E-state index in [-0.39, 0.29) is 5.54 Å². The number of benzene rings is 1. The van der Waals surface area contributed by atoms with Gasteiger partial charge in [-0.15, -0.1) is 0 Å². The summed E-state index contributed by atoms with van der Waals surface area (Å²) in [5, 5.41) is 1.83. The molecule has 1 aliphatic carbocycles. The number of hydrogen-bond donors (Lipinski definition) is 1. The summed E-state index contributed by atoms with van der Waals surface area (Å²) in [6.45, 7) is 1.97. The number of nitrogens with zero attached hydrogens (tertiary/aromatic N) is 2. The predicted molar refractivity (Wildman–Crippen MR) is 93.7 cm³/mol. The van der Waals surface area contributed by atoms with Crippen molar-refractivity contribution in [1.29, 1.82) is 0 Å². The van der Waals surface area contributed by atoms with E-state index in [0.717, 1.165) is 42.4 Å². The van der Waals surface area contributed by atoms with Crippen LogP contribution in [-0.2, 0) is 10.0 Å². The number of halogens is 1. The third-order valence-electron chi connectivity index (χ3n) is 5.22. The fourth-order valence-corrected chi connectivity index (χ4v) is 5.62. The monoisotopic (exact) mass is 353 g/mol. The molecule has 124 valence electrons. The van der Waals surface area contributed by atoms with E-state index < -0.39 is 10.0 Å². The SMILES string of the molecule is CS(=O)(=O)N1CCN(c2cc(Cl)cc3[nH]ccc23)CC12CCC2. The highest BCUT2D eigenvalue weighted by molar-refractivity contribution is 7.88. The zero-order valence-electron chi connectivity index (χ0n) is 13.0. The Morgan fingerprint density at radius 1 is 1.26 bits per heavy atom. The van der Waals surface area contributed by atoms with Crippen LogP contribution < -0.4 is 4.90 Å². The number of anilines is 1. The summed E-state index contributed by atoms with van der Waals surface area (Å²) >= 11 is 6.27. The summed E-state index contributed by atoms with van der Waals surface area (Å²) in [5.41, 5.74) is 1.87. The van der Waals surface area contributed by atoms with Crippen LogP contribution in [0.3, 0.4) is 0 Å². The normalized spacial score (nSPS) is 21.7. The van der Waals surface area contributed by atoms with Crippen LogP contribution in [0.15, 0.2) is 24.4 Å².